The number of rotatable bonds is 1. The van der Waals surface area contributed by atoms with Crippen LogP contribution in [-0.4, -0.2) is 19.6 Å². The average molecular weight is 246 g/mol. The van der Waals surface area contributed by atoms with Crippen molar-refractivity contribution in [1.29, 1.82) is 0 Å². The molecule has 4 heteroatoms. The predicted octanol–water partition coefficient (Wildman–Crippen LogP) is 2.94. The van der Waals surface area contributed by atoms with Gasteiger partial charge in [0.1, 0.15) is 0 Å². The van der Waals surface area contributed by atoms with E-state index in [1.165, 1.54) is 0 Å². The van der Waals surface area contributed by atoms with Gasteiger partial charge in [-0.1, -0.05) is 0 Å². The van der Waals surface area contributed by atoms with E-state index in [0.717, 1.165) is 27.7 Å². The molecule has 0 saturated carbocycles. The second-order valence-corrected chi connectivity index (χ2v) is 4.38. The van der Waals surface area contributed by atoms with Crippen LogP contribution < -0.4 is 0 Å². The summed E-state index contributed by atoms with van der Waals surface area (Å²) >= 11 is 0. The van der Waals surface area contributed by atoms with Crippen LogP contribution in [0.4, 0.5) is 0 Å². The standard InChI is InChI=1S/C15H10N4/c1-2-14-15(16-5-1)9-12(10-17-14)11-4-7-19-13(8-11)3-6-18-19/h1-10H. The van der Waals surface area contributed by atoms with Crippen molar-refractivity contribution < 1.29 is 0 Å². The normalized spacial score (nSPS) is 11.2. The van der Waals surface area contributed by atoms with E-state index >= 15 is 0 Å². The second kappa shape index (κ2) is 3.88. The van der Waals surface area contributed by atoms with Gasteiger partial charge in [-0.3, -0.25) is 9.97 Å². The van der Waals surface area contributed by atoms with Crippen LogP contribution in [0.15, 0.2) is 61.2 Å². The zero-order chi connectivity index (χ0) is 12.7. The SMILES string of the molecule is c1cnc2cc(-c3ccn4nccc4c3)cnc2c1. The summed E-state index contributed by atoms with van der Waals surface area (Å²) in [5, 5.41) is 4.19. The monoisotopic (exact) mass is 246 g/mol. The van der Waals surface area contributed by atoms with E-state index in [9.17, 15) is 0 Å². The molecule has 0 amide bonds. The molecule has 0 aliphatic heterocycles. The Morgan fingerprint density at radius 2 is 1.84 bits per heavy atom. The van der Waals surface area contributed by atoms with Crippen molar-refractivity contribution in [3.05, 3.63) is 61.2 Å². The first kappa shape index (κ1) is 10.2. The van der Waals surface area contributed by atoms with E-state index in [1.54, 1.807) is 12.4 Å². The summed E-state index contributed by atoms with van der Waals surface area (Å²) in [5.74, 6) is 0. The van der Waals surface area contributed by atoms with E-state index < -0.39 is 0 Å². The minimum Gasteiger partial charge on any atom is -0.255 e. The largest absolute Gasteiger partial charge is 0.255 e. The topological polar surface area (TPSA) is 43.1 Å². The van der Waals surface area contributed by atoms with Crippen LogP contribution in [-0.2, 0) is 0 Å². The number of aromatic nitrogens is 4. The highest BCUT2D eigenvalue weighted by Gasteiger charge is 2.03. The van der Waals surface area contributed by atoms with E-state index in [0.29, 0.717) is 0 Å². The average Bonchev–Trinajstić information content (AvgIpc) is 2.94. The van der Waals surface area contributed by atoms with Crippen LogP contribution in [0.2, 0.25) is 0 Å². The third kappa shape index (κ3) is 1.65. The highest BCUT2D eigenvalue weighted by molar-refractivity contribution is 5.80. The van der Waals surface area contributed by atoms with Gasteiger partial charge in [0.25, 0.3) is 0 Å². The first-order valence-corrected chi connectivity index (χ1v) is 6.05. The Labute approximate surface area is 109 Å². The summed E-state index contributed by atoms with van der Waals surface area (Å²) in [4.78, 5) is 8.78. The molecule has 0 bridgehead atoms. The second-order valence-electron chi connectivity index (χ2n) is 4.38. The highest BCUT2D eigenvalue weighted by atomic mass is 15.2. The van der Waals surface area contributed by atoms with Crippen molar-refractivity contribution in [1.82, 2.24) is 19.6 Å². The maximum atomic E-state index is 4.44. The Kier molecular flexibility index (Phi) is 2.08. The fourth-order valence-corrected chi connectivity index (χ4v) is 2.21. The minimum absolute atomic E-state index is 0.911. The zero-order valence-corrected chi connectivity index (χ0v) is 10.1. The molecule has 19 heavy (non-hydrogen) atoms. The van der Waals surface area contributed by atoms with Gasteiger partial charge >= 0.3 is 0 Å². The highest BCUT2D eigenvalue weighted by Crippen LogP contribution is 2.22. The molecule has 0 aromatic carbocycles. The molecule has 0 aliphatic rings. The van der Waals surface area contributed by atoms with Gasteiger partial charge in [-0.2, -0.15) is 5.10 Å². The fraction of sp³-hybridized carbons (Fsp3) is 0. The minimum atomic E-state index is 0.911. The molecule has 0 fully saturated rings. The van der Waals surface area contributed by atoms with E-state index in [4.69, 9.17) is 0 Å². The molecule has 4 aromatic rings. The van der Waals surface area contributed by atoms with E-state index in [2.05, 4.69) is 27.2 Å². The van der Waals surface area contributed by atoms with Crippen LogP contribution in [0.5, 0.6) is 0 Å². The number of pyridine rings is 3. The summed E-state index contributed by atoms with van der Waals surface area (Å²) in [6, 6.07) is 12.0. The van der Waals surface area contributed by atoms with Crippen LogP contribution in [0.1, 0.15) is 0 Å². The van der Waals surface area contributed by atoms with Gasteiger partial charge in [0.15, 0.2) is 0 Å². The first-order valence-electron chi connectivity index (χ1n) is 6.05. The molecule has 0 atom stereocenters. The molecule has 0 N–H and O–H groups in total. The lowest BCUT2D eigenvalue weighted by atomic mass is 10.1. The smallest absolute Gasteiger partial charge is 0.0892 e. The van der Waals surface area contributed by atoms with Gasteiger partial charge in [-0.25, -0.2) is 4.52 Å². The molecule has 4 rings (SSSR count). The molecule has 0 saturated heterocycles. The lowest BCUT2D eigenvalue weighted by Crippen LogP contribution is -1.88. The van der Waals surface area contributed by atoms with Crippen molar-refractivity contribution in [3.8, 4) is 11.1 Å². The van der Waals surface area contributed by atoms with E-state index in [-0.39, 0.29) is 0 Å². The Balaban J connectivity index is 1.92. The van der Waals surface area contributed by atoms with Crippen molar-refractivity contribution in [3.63, 3.8) is 0 Å². The summed E-state index contributed by atoms with van der Waals surface area (Å²) in [6.07, 6.45) is 7.41. The van der Waals surface area contributed by atoms with E-state index in [1.807, 2.05) is 41.2 Å². The van der Waals surface area contributed by atoms with Crippen molar-refractivity contribution in [2.75, 3.05) is 0 Å². The van der Waals surface area contributed by atoms with Crippen LogP contribution in [0.3, 0.4) is 0 Å². The quantitative estimate of drug-likeness (QED) is 0.518. The van der Waals surface area contributed by atoms with Gasteiger partial charge in [0.05, 0.1) is 16.6 Å². The summed E-state index contributed by atoms with van der Waals surface area (Å²) in [5.41, 5.74) is 5.08. The molecule has 4 aromatic heterocycles. The van der Waals surface area contributed by atoms with Gasteiger partial charge in [0.2, 0.25) is 0 Å². The summed E-state index contributed by atoms with van der Waals surface area (Å²) in [6.45, 7) is 0. The van der Waals surface area contributed by atoms with Gasteiger partial charge in [-0.15, -0.1) is 0 Å². The Bertz CT molecular complexity index is 879. The van der Waals surface area contributed by atoms with Crippen LogP contribution in [0.25, 0.3) is 27.7 Å². The fourth-order valence-electron chi connectivity index (χ4n) is 2.21. The first-order chi connectivity index (χ1) is 9.40. The van der Waals surface area contributed by atoms with Crippen molar-refractivity contribution >= 4 is 16.6 Å². The van der Waals surface area contributed by atoms with Crippen LogP contribution >= 0.6 is 0 Å². The third-order valence-electron chi connectivity index (χ3n) is 3.18. The maximum Gasteiger partial charge on any atom is 0.0892 e. The molecule has 4 nitrogen and oxygen atoms in total. The molecule has 0 spiro atoms. The van der Waals surface area contributed by atoms with Crippen molar-refractivity contribution in [2.45, 2.75) is 0 Å². The lowest BCUT2D eigenvalue weighted by Gasteiger charge is -2.03. The Hall–Kier alpha value is -2.75. The zero-order valence-electron chi connectivity index (χ0n) is 10.1. The number of nitrogens with zero attached hydrogens (tertiary/aromatic N) is 4. The molecule has 90 valence electrons. The molecule has 0 aliphatic carbocycles. The predicted molar refractivity (Wildman–Crippen MR) is 73.7 cm³/mol. The van der Waals surface area contributed by atoms with Crippen LogP contribution in [0, 0.1) is 0 Å². The van der Waals surface area contributed by atoms with Gasteiger partial charge < -0.3 is 0 Å². The van der Waals surface area contributed by atoms with Gasteiger partial charge in [-0.05, 0) is 42.0 Å². The van der Waals surface area contributed by atoms with Gasteiger partial charge in [0, 0.05) is 30.4 Å². The Morgan fingerprint density at radius 3 is 2.84 bits per heavy atom. The molecule has 0 radical (unpaired) electrons. The number of hydrogen-bond donors (Lipinski definition) is 0. The summed E-state index contributed by atoms with van der Waals surface area (Å²) < 4.78 is 1.84. The number of hydrogen-bond acceptors (Lipinski definition) is 3. The lowest BCUT2D eigenvalue weighted by molar-refractivity contribution is 0.962. The summed E-state index contributed by atoms with van der Waals surface area (Å²) in [7, 11) is 0. The Morgan fingerprint density at radius 1 is 0.842 bits per heavy atom. The number of fused-ring (bicyclic) bond motifs is 2. The van der Waals surface area contributed by atoms with Crippen molar-refractivity contribution in [2.24, 2.45) is 0 Å². The molecular formula is C15H10N4. The third-order valence-corrected chi connectivity index (χ3v) is 3.18. The molecule has 0 unspecified atom stereocenters. The molecule has 4 heterocycles. The maximum absolute atomic E-state index is 4.44. The molecular weight excluding hydrogens is 236 g/mol.